The Bertz CT molecular complexity index is 812. The molecule has 27 heavy (non-hydrogen) atoms. The van der Waals surface area contributed by atoms with E-state index in [1.165, 1.54) is 22.3 Å². The molecule has 3 aromatic carbocycles. The smallest absolute Gasteiger partial charge is 0.118 e. The second kappa shape index (κ2) is 7.87. The van der Waals surface area contributed by atoms with Crippen LogP contribution in [0.3, 0.4) is 0 Å². The molecule has 0 heterocycles. The van der Waals surface area contributed by atoms with Crippen LogP contribution >= 0.6 is 0 Å². The zero-order valence-electron chi connectivity index (χ0n) is 16.8. The van der Waals surface area contributed by atoms with E-state index in [0.717, 1.165) is 11.5 Å². The first kappa shape index (κ1) is 19.0. The molecule has 0 radical (unpaired) electrons. The van der Waals surface area contributed by atoms with Crippen molar-refractivity contribution in [3.8, 4) is 11.5 Å². The van der Waals surface area contributed by atoms with Crippen molar-refractivity contribution in [2.24, 2.45) is 5.92 Å². The summed E-state index contributed by atoms with van der Waals surface area (Å²) in [5, 5.41) is 0. The molecule has 0 aliphatic heterocycles. The minimum atomic E-state index is -0.258. The number of hydrogen-bond acceptors (Lipinski definition) is 2. The van der Waals surface area contributed by atoms with Crippen LogP contribution < -0.4 is 9.47 Å². The van der Waals surface area contributed by atoms with Crippen LogP contribution in [0.5, 0.6) is 11.5 Å². The maximum absolute atomic E-state index is 5.38. The minimum absolute atomic E-state index is 0.258. The van der Waals surface area contributed by atoms with E-state index in [-0.39, 0.29) is 5.41 Å². The van der Waals surface area contributed by atoms with E-state index < -0.39 is 0 Å². The van der Waals surface area contributed by atoms with E-state index in [4.69, 9.17) is 9.47 Å². The summed E-state index contributed by atoms with van der Waals surface area (Å²) >= 11 is 0. The lowest BCUT2D eigenvalue weighted by Crippen LogP contribution is -2.35. The lowest BCUT2D eigenvalue weighted by molar-refractivity contribution is 0.409. The zero-order chi connectivity index (χ0) is 19.4. The van der Waals surface area contributed by atoms with Gasteiger partial charge in [0.15, 0.2) is 0 Å². The first-order chi connectivity index (χ1) is 13.0. The summed E-state index contributed by atoms with van der Waals surface area (Å²) in [7, 11) is 3.41. The Hall–Kier alpha value is -2.74. The van der Waals surface area contributed by atoms with Crippen LogP contribution in [0.1, 0.15) is 36.1 Å². The normalized spacial score (nSPS) is 11.5. The summed E-state index contributed by atoms with van der Waals surface area (Å²) < 4.78 is 10.8. The fourth-order valence-corrected chi connectivity index (χ4v) is 4.02. The molecule has 0 bridgehead atoms. The molecular formula is C25H28O2. The number of rotatable bonds is 6. The van der Waals surface area contributed by atoms with Gasteiger partial charge in [-0.05, 0) is 53.8 Å². The van der Waals surface area contributed by atoms with E-state index in [2.05, 4.69) is 69.3 Å². The van der Waals surface area contributed by atoms with Gasteiger partial charge in [0.25, 0.3) is 0 Å². The molecule has 2 heteroatoms. The Labute approximate surface area is 162 Å². The van der Waals surface area contributed by atoms with Crippen LogP contribution in [-0.4, -0.2) is 14.2 Å². The van der Waals surface area contributed by atoms with E-state index in [1.807, 2.05) is 24.3 Å². The topological polar surface area (TPSA) is 18.5 Å². The number of benzene rings is 3. The molecule has 3 aromatic rings. The Kier molecular flexibility index (Phi) is 5.55. The second-order valence-electron chi connectivity index (χ2n) is 7.29. The molecule has 0 N–H and O–H groups in total. The quantitative estimate of drug-likeness (QED) is 0.502. The molecule has 0 saturated carbocycles. The summed E-state index contributed by atoms with van der Waals surface area (Å²) in [4.78, 5) is 0. The van der Waals surface area contributed by atoms with Gasteiger partial charge in [0.05, 0.1) is 14.2 Å². The highest BCUT2D eigenvalue weighted by Crippen LogP contribution is 2.46. The second-order valence-corrected chi connectivity index (χ2v) is 7.29. The predicted molar refractivity (Wildman–Crippen MR) is 112 cm³/mol. The fourth-order valence-electron chi connectivity index (χ4n) is 4.02. The third kappa shape index (κ3) is 3.44. The van der Waals surface area contributed by atoms with Gasteiger partial charge in [-0.15, -0.1) is 0 Å². The molecule has 0 aromatic heterocycles. The number of ether oxygens (including phenoxy) is 2. The average Bonchev–Trinajstić information content (AvgIpc) is 2.70. The minimum Gasteiger partial charge on any atom is -0.497 e. The molecule has 3 rings (SSSR count). The lowest BCUT2D eigenvalue weighted by atomic mass is 9.63. The Morgan fingerprint density at radius 2 is 0.926 bits per heavy atom. The monoisotopic (exact) mass is 360 g/mol. The molecule has 0 aliphatic rings. The van der Waals surface area contributed by atoms with Gasteiger partial charge in [0, 0.05) is 5.41 Å². The maximum atomic E-state index is 5.38. The third-order valence-electron chi connectivity index (χ3n) is 5.46. The summed E-state index contributed by atoms with van der Waals surface area (Å²) in [5.74, 6) is 2.09. The third-order valence-corrected chi connectivity index (χ3v) is 5.46. The maximum Gasteiger partial charge on any atom is 0.118 e. The molecule has 0 spiro atoms. The van der Waals surface area contributed by atoms with Gasteiger partial charge in [0.1, 0.15) is 11.5 Å². The highest BCUT2D eigenvalue weighted by molar-refractivity contribution is 5.53. The van der Waals surface area contributed by atoms with Gasteiger partial charge in [-0.2, -0.15) is 0 Å². The van der Waals surface area contributed by atoms with E-state index in [0.29, 0.717) is 5.92 Å². The van der Waals surface area contributed by atoms with Gasteiger partial charge < -0.3 is 9.47 Å². The van der Waals surface area contributed by atoms with Crippen molar-refractivity contribution in [2.75, 3.05) is 14.2 Å². The van der Waals surface area contributed by atoms with E-state index in [1.54, 1.807) is 14.2 Å². The standard InChI is InChI=1S/C25H28O2/c1-18(2)25(20-8-6-19(3)7-9-20,21-10-14-23(26-4)15-11-21)22-12-16-24(27-5)17-13-22/h6-18H,1-5H3. The Morgan fingerprint density at radius 1 is 0.593 bits per heavy atom. The number of aryl methyl sites for hydroxylation is 1. The van der Waals surface area contributed by atoms with Crippen molar-refractivity contribution in [3.63, 3.8) is 0 Å². The van der Waals surface area contributed by atoms with Crippen LogP contribution in [0.2, 0.25) is 0 Å². The van der Waals surface area contributed by atoms with Crippen molar-refractivity contribution >= 4 is 0 Å². The van der Waals surface area contributed by atoms with Crippen LogP contribution in [-0.2, 0) is 5.41 Å². The molecular weight excluding hydrogens is 332 g/mol. The van der Waals surface area contributed by atoms with Gasteiger partial charge in [-0.25, -0.2) is 0 Å². The van der Waals surface area contributed by atoms with Gasteiger partial charge in [-0.1, -0.05) is 67.9 Å². The van der Waals surface area contributed by atoms with Gasteiger partial charge in [-0.3, -0.25) is 0 Å². The first-order valence-corrected chi connectivity index (χ1v) is 9.38. The van der Waals surface area contributed by atoms with Crippen molar-refractivity contribution in [1.29, 1.82) is 0 Å². The first-order valence-electron chi connectivity index (χ1n) is 9.38. The van der Waals surface area contributed by atoms with Crippen LogP contribution in [0.4, 0.5) is 0 Å². The molecule has 0 atom stereocenters. The number of methoxy groups -OCH3 is 2. The molecule has 0 unspecified atom stereocenters. The van der Waals surface area contributed by atoms with Crippen LogP contribution in [0.15, 0.2) is 72.8 Å². The average molecular weight is 360 g/mol. The van der Waals surface area contributed by atoms with Crippen LogP contribution in [0.25, 0.3) is 0 Å². The van der Waals surface area contributed by atoms with E-state index in [9.17, 15) is 0 Å². The highest BCUT2D eigenvalue weighted by atomic mass is 16.5. The Balaban J connectivity index is 2.28. The van der Waals surface area contributed by atoms with E-state index >= 15 is 0 Å². The van der Waals surface area contributed by atoms with Crippen molar-refractivity contribution in [3.05, 3.63) is 95.1 Å². The van der Waals surface area contributed by atoms with Crippen molar-refractivity contribution < 1.29 is 9.47 Å². The summed E-state index contributed by atoms with van der Waals surface area (Å²) in [6, 6.07) is 25.8. The number of hydrogen-bond donors (Lipinski definition) is 0. The molecule has 2 nitrogen and oxygen atoms in total. The van der Waals surface area contributed by atoms with Crippen molar-refractivity contribution in [2.45, 2.75) is 26.2 Å². The largest absolute Gasteiger partial charge is 0.497 e. The predicted octanol–water partition coefficient (Wildman–Crippen LogP) is 6.00. The summed E-state index contributed by atoms with van der Waals surface area (Å²) in [6.07, 6.45) is 0. The fraction of sp³-hybridized carbons (Fsp3) is 0.280. The molecule has 0 aliphatic carbocycles. The molecule has 0 amide bonds. The van der Waals surface area contributed by atoms with Crippen LogP contribution in [0, 0.1) is 12.8 Å². The molecule has 0 saturated heterocycles. The lowest BCUT2D eigenvalue weighted by Gasteiger charge is -2.40. The SMILES string of the molecule is COc1ccc(C(c2ccc(C)cc2)(c2ccc(OC)cc2)C(C)C)cc1. The molecule has 0 fully saturated rings. The highest BCUT2D eigenvalue weighted by Gasteiger charge is 2.39. The zero-order valence-corrected chi connectivity index (χ0v) is 16.8. The van der Waals surface area contributed by atoms with Gasteiger partial charge in [0.2, 0.25) is 0 Å². The van der Waals surface area contributed by atoms with Gasteiger partial charge >= 0.3 is 0 Å². The van der Waals surface area contributed by atoms with Crippen molar-refractivity contribution in [1.82, 2.24) is 0 Å². The molecule has 140 valence electrons. The Morgan fingerprint density at radius 3 is 1.22 bits per heavy atom. The summed E-state index contributed by atoms with van der Waals surface area (Å²) in [5.41, 5.74) is 4.81. The summed E-state index contributed by atoms with van der Waals surface area (Å²) in [6.45, 7) is 6.70.